The van der Waals surface area contributed by atoms with Gasteiger partial charge in [-0.05, 0) is 31.7 Å². The van der Waals surface area contributed by atoms with Crippen molar-refractivity contribution in [2.45, 2.75) is 37.9 Å². The first kappa shape index (κ1) is 16.5. The Bertz CT molecular complexity index is 756. The molecule has 1 N–H and O–H groups in total. The van der Waals surface area contributed by atoms with Crippen LogP contribution in [0, 0.1) is 16.0 Å². The van der Waals surface area contributed by atoms with Gasteiger partial charge in [0.25, 0.3) is 5.69 Å². The molecule has 2 aromatic rings. The molecule has 1 fully saturated rings. The Kier molecular flexibility index (Phi) is 4.29. The molecule has 1 saturated carbocycles. The normalized spacial score (nSPS) is 21.6. The topological polar surface area (TPSA) is 68.1 Å². The zero-order valence-corrected chi connectivity index (χ0v) is 12.7. The van der Waals surface area contributed by atoms with Crippen molar-refractivity contribution in [1.82, 2.24) is 4.98 Å². The molecule has 0 saturated heterocycles. The van der Waals surface area contributed by atoms with E-state index in [4.69, 9.17) is 0 Å². The van der Waals surface area contributed by atoms with E-state index in [1.165, 1.54) is 6.20 Å². The molecule has 1 aliphatic carbocycles. The van der Waals surface area contributed by atoms with Crippen LogP contribution >= 0.6 is 0 Å². The quantitative estimate of drug-likeness (QED) is 0.651. The minimum absolute atomic E-state index is 0.0862. The van der Waals surface area contributed by atoms with Gasteiger partial charge in [-0.1, -0.05) is 18.2 Å². The Morgan fingerprint density at radius 2 is 1.75 bits per heavy atom. The first-order chi connectivity index (χ1) is 11.4. The summed E-state index contributed by atoms with van der Waals surface area (Å²) in [6, 6.07) is 6.70. The summed E-state index contributed by atoms with van der Waals surface area (Å²) in [7, 11) is 0. The van der Waals surface area contributed by atoms with Gasteiger partial charge >= 0.3 is 6.18 Å². The number of nitrogens with zero attached hydrogens (tertiary/aromatic N) is 2. The second kappa shape index (κ2) is 6.26. The zero-order chi connectivity index (χ0) is 17.3. The lowest BCUT2D eigenvalue weighted by molar-refractivity contribution is -0.383. The monoisotopic (exact) mass is 339 g/mol. The fraction of sp³-hybridized carbons (Fsp3) is 0.438. The summed E-state index contributed by atoms with van der Waals surface area (Å²) in [5.74, 6) is -0.760. The molecule has 0 spiro atoms. The molecule has 3 rings (SSSR count). The van der Waals surface area contributed by atoms with E-state index in [0.29, 0.717) is 29.4 Å². The van der Waals surface area contributed by atoms with Crippen molar-refractivity contribution in [3.8, 4) is 0 Å². The van der Waals surface area contributed by atoms with Crippen LogP contribution in [-0.2, 0) is 0 Å². The highest BCUT2D eigenvalue weighted by atomic mass is 19.4. The lowest BCUT2D eigenvalue weighted by Crippen LogP contribution is -2.33. The molecule has 0 atom stereocenters. The van der Waals surface area contributed by atoms with Gasteiger partial charge in [0.1, 0.15) is 12.0 Å². The molecular weight excluding hydrogens is 323 g/mol. The van der Waals surface area contributed by atoms with Crippen LogP contribution in [0.3, 0.4) is 0 Å². The Morgan fingerprint density at radius 3 is 2.33 bits per heavy atom. The van der Waals surface area contributed by atoms with Crippen LogP contribution in [0.1, 0.15) is 25.7 Å². The van der Waals surface area contributed by atoms with E-state index in [1.54, 1.807) is 24.3 Å². The van der Waals surface area contributed by atoms with Crippen LogP contribution in [-0.4, -0.2) is 22.1 Å². The average molecular weight is 339 g/mol. The number of hydrogen-bond donors (Lipinski definition) is 1. The number of nitro groups is 1. The highest BCUT2D eigenvalue weighted by Crippen LogP contribution is 2.38. The number of fused-ring (bicyclic) bond motifs is 1. The SMILES string of the molecule is O=[N+]([O-])c1cnc(NC2CCC(C(F)(F)F)CC2)c2ccccc12. The molecule has 0 amide bonds. The maximum Gasteiger partial charge on any atom is 0.391 e. The van der Waals surface area contributed by atoms with Gasteiger partial charge in [0.05, 0.1) is 16.2 Å². The molecule has 0 bridgehead atoms. The van der Waals surface area contributed by atoms with Crippen molar-refractivity contribution in [2.24, 2.45) is 5.92 Å². The third-order valence-electron chi connectivity index (χ3n) is 4.50. The van der Waals surface area contributed by atoms with Crippen molar-refractivity contribution in [2.75, 3.05) is 5.32 Å². The van der Waals surface area contributed by atoms with Crippen LogP contribution in [0.15, 0.2) is 30.5 Å². The summed E-state index contributed by atoms with van der Waals surface area (Å²) in [5.41, 5.74) is -0.0862. The summed E-state index contributed by atoms with van der Waals surface area (Å²) >= 11 is 0. The third kappa shape index (κ3) is 3.27. The number of anilines is 1. The second-order valence-corrected chi connectivity index (χ2v) is 6.03. The summed E-state index contributed by atoms with van der Waals surface area (Å²) in [6.45, 7) is 0. The molecule has 1 aromatic heterocycles. The molecule has 1 aromatic carbocycles. The van der Waals surface area contributed by atoms with Crippen LogP contribution in [0.5, 0.6) is 0 Å². The summed E-state index contributed by atoms with van der Waals surface area (Å²) in [5, 5.41) is 15.3. The highest BCUT2D eigenvalue weighted by molar-refractivity contribution is 5.97. The minimum atomic E-state index is -4.14. The molecular formula is C16H16F3N3O2. The van der Waals surface area contributed by atoms with Crippen molar-refractivity contribution >= 4 is 22.3 Å². The fourth-order valence-electron chi connectivity index (χ4n) is 3.20. The minimum Gasteiger partial charge on any atom is -0.367 e. The van der Waals surface area contributed by atoms with Gasteiger partial charge in [0, 0.05) is 11.4 Å². The number of aromatic nitrogens is 1. The van der Waals surface area contributed by atoms with Crippen molar-refractivity contribution in [1.29, 1.82) is 0 Å². The van der Waals surface area contributed by atoms with E-state index < -0.39 is 17.0 Å². The zero-order valence-electron chi connectivity index (χ0n) is 12.7. The number of alkyl halides is 3. The summed E-state index contributed by atoms with van der Waals surface area (Å²) in [6.07, 6.45) is -1.97. The average Bonchev–Trinajstić information content (AvgIpc) is 2.54. The fourth-order valence-corrected chi connectivity index (χ4v) is 3.20. The highest BCUT2D eigenvalue weighted by Gasteiger charge is 2.41. The Balaban J connectivity index is 1.80. The predicted octanol–water partition coefficient (Wildman–Crippen LogP) is 4.68. The Hall–Kier alpha value is -2.38. The van der Waals surface area contributed by atoms with E-state index in [9.17, 15) is 23.3 Å². The smallest absolute Gasteiger partial charge is 0.367 e. The van der Waals surface area contributed by atoms with Gasteiger partial charge in [-0.3, -0.25) is 10.1 Å². The number of rotatable bonds is 3. The van der Waals surface area contributed by atoms with Crippen LogP contribution in [0.25, 0.3) is 10.8 Å². The molecule has 128 valence electrons. The van der Waals surface area contributed by atoms with Gasteiger partial charge in [0.2, 0.25) is 0 Å². The van der Waals surface area contributed by atoms with E-state index in [-0.39, 0.29) is 24.6 Å². The molecule has 1 aliphatic rings. The molecule has 8 heteroatoms. The number of pyridine rings is 1. The van der Waals surface area contributed by atoms with Gasteiger partial charge < -0.3 is 5.32 Å². The molecule has 1 heterocycles. The molecule has 24 heavy (non-hydrogen) atoms. The molecule has 0 unspecified atom stereocenters. The van der Waals surface area contributed by atoms with Crippen LogP contribution < -0.4 is 5.32 Å². The first-order valence-corrected chi connectivity index (χ1v) is 7.71. The van der Waals surface area contributed by atoms with Crippen molar-refractivity contribution in [3.05, 3.63) is 40.6 Å². The van der Waals surface area contributed by atoms with Crippen molar-refractivity contribution in [3.63, 3.8) is 0 Å². The maximum absolute atomic E-state index is 12.7. The van der Waals surface area contributed by atoms with E-state index >= 15 is 0 Å². The lowest BCUT2D eigenvalue weighted by atomic mass is 9.85. The van der Waals surface area contributed by atoms with E-state index in [2.05, 4.69) is 10.3 Å². The molecule has 0 aliphatic heterocycles. The van der Waals surface area contributed by atoms with Crippen LogP contribution in [0.4, 0.5) is 24.7 Å². The second-order valence-electron chi connectivity index (χ2n) is 6.03. The van der Waals surface area contributed by atoms with Gasteiger partial charge in [0.15, 0.2) is 0 Å². The molecule has 5 nitrogen and oxygen atoms in total. The number of nitrogens with one attached hydrogen (secondary N) is 1. The van der Waals surface area contributed by atoms with E-state index in [0.717, 1.165) is 0 Å². The summed E-state index contributed by atoms with van der Waals surface area (Å²) in [4.78, 5) is 14.7. The number of benzene rings is 1. The lowest BCUT2D eigenvalue weighted by Gasteiger charge is -2.30. The largest absolute Gasteiger partial charge is 0.391 e. The van der Waals surface area contributed by atoms with E-state index in [1.807, 2.05) is 0 Å². The number of hydrogen-bond acceptors (Lipinski definition) is 4. The predicted molar refractivity (Wildman–Crippen MR) is 83.8 cm³/mol. The Labute approximate surface area is 136 Å². The van der Waals surface area contributed by atoms with Gasteiger partial charge in [-0.25, -0.2) is 4.98 Å². The van der Waals surface area contributed by atoms with Gasteiger partial charge in [-0.15, -0.1) is 0 Å². The maximum atomic E-state index is 12.7. The third-order valence-corrected chi connectivity index (χ3v) is 4.50. The molecule has 0 radical (unpaired) electrons. The Morgan fingerprint density at radius 1 is 1.12 bits per heavy atom. The first-order valence-electron chi connectivity index (χ1n) is 7.71. The van der Waals surface area contributed by atoms with Crippen molar-refractivity contribution < 1.29 is 18.1 Å². The van der Waals surface area contributed by atoms with Crippen LogP contribution in [0.2, 0.25) is 0 Å². The standard InChI is InChI=1S/C16H16F3N3O2/c17-16(18,19)10-5-7-11(8-6-10)21-15-13-4-2-1-3-12(13)14(9-20-15)22(23)24/h1-4,9-11H,5-8H2,(H,20,21). The summed E-state index contributed by atoms with van der Waals surface area (Å²) < 4.78 is 38.2. The number of halogens is 3. The van der Waals surface area contributed by atoms with Gasteiger partial charge in [-0.2, -0.15) is 13.2 Å².